The van der Waals surface area contributed by atoms with Crippen LogP contribution in [0.3, 0.4) is 0 Å². The number of rotatable bonds is 70. The second-order valence-corrected chi connectivity index (χ2v) is 30.7. The lowest BCUT2D eigenvalue weighted by Crippen LogP contribution is -2.30. The average Bonchev–Trinajstić information content (AvgIpc) is 2.56. The van der Waals surface area contributed by atoms with Gasteiger partial charge in [0.2, 0.25) is 0 Å². The van der Waals surface area contributed by atoms with Crippen LogP contribution in [0.25, 0.3) is 0 Å². The summed E-state index contributed by atoms with van der Waals surface area (Å²) in [6.07, 6.45) is 46.0. The van der Waals surface area contributed by atoms with Crippen LogP contribution < -0.4 is 0 Å². The molecule has 0 aliphatic rings. The van der Waals surface area contributed by atoms with Crippen LogP contribution in [0.5, 0.6) is 0 Å². The largest absolute Gasteiger partial charge is 0.472 e. The number of carbonyl (C=O) groups excluding carboxylic acids is 4. The first-order valence-electron chi connectivity index (χ1n) is 37.8. The molecule has 0 saturated carbocycles. The molecule has 0 spiro atoms. The summed E-state index contributed by atoms with van der Waals surface area (Å²) in [6, 6.07) is 0. The van der Waals surface area contributed by atoms with Gasteiger partial charge in [-0.05, 0) is 49.4 Å². The van der Waals surface area contributed by atoms with Crippen molar-refractivity contribution in [3.63, 3.8) is 0 Å². The smallest absolute Gasteiger partial charge is 0.462 e. The first kappa shape index (κ1) is 90.1. The van der Waals surface area contributed by atoms with Crippen molar-refractivity contribution in [2.45, 2.75) is 382 Å². The number of phosphoric ester groups is 2. The molecule has 0 heterocycles. The van der Waals surface area contributed by atoms with Gasteiger partial charge in [0, 0.05) is 25.7 Å². The van der Waals surface area contributed by atoms with Crippen molar-refractivity contribution < 1.29 is 80.2 Å². The molecule has 0 aromatic carbocycles. The molecular weight excluding hydrogens is 1210 g/mol. The molecule has 0 rings (SSSR count). The maximum absolute atomic E-state index is 13.0. The topological polar surface area (TPSA) is 237 Å². The molecule has 546 valence electrons. The van der Waals surface area contributed by atoms with Crippen molar-refractivity contribution >= 4 is 39.5 Å². The van der Waals surface area contributed by atoms with Gasteiger partial charge < -0.3 is 33.8 Å². The van der Waals surface area contributed by atoms with Crippen molar-refractivity contribution in [2.24, 2.45) is 23.7 Å². The number of phosphoric acid groups is 2. The van der Waals surface area contributed by atoms with Gasteiger partial charge in [0.15, 0.2) is 12.2 Å². The van der Waals surface area contributed by atoms with Crippen LogP contribution in [0.15, 0.2) is 0 Å². The van der Waals surface area contributed by atoms with Crippen LogP contribution >= 0.6 is 15.6 Å². The maximum Gasteiger partial charge on any atom is 0.472 e. The maximum atomic E-state index is 13.0. The Hall–Kier alpha value is -1.94. The standard InChI is InChI=1S/C73H142O17P2/c1-9-65(7)51-43-35-26-22-19-20-24-28-40-48-56-73(78)90-69(60-84-71(76)54-46-38-32-30-36-44-52-66(8)10-2)62-88-92(81,82)86-58-67(74)57-85-91(79,80)87-61-68(59-83-70(75)53-45-37-31-29-34-42-50-64(5)6)89-72(77)55-47-39-27-23-18-16-14-12-11-13-15-17-21-25-33-41-49-63(3)4/h63-69,74H,9-62H2,1-8H3,(H,79,80)(H,81,82)/t65?,66?,67-,68-,69-/m1/s1. The van der Waals surface area contributed by atoms with E-state index in [1.165, 1.54) is 154 Å². The second kappa shape index (κ2) is 62.6. The van der Waals surface area contributed by atoms with E-state index in [0.717, 1.165) is 120 Å². The van der Waals surface area contributed by atoms with Crippen molar-refractivity contribution in [3.05, 3.63) is 0 Å². The summed E-state index contributed by atoms with van der Waals surface area (Å²) in [4.78, 5) is 72.6. The van der Waals surface area contributed by atoms with Crippen LogP contribution in [0.1, 0.15) is 364 Å². The third kappa shape index (κ3) is 64.1. The van der Waals surface area contributed by atoms with Crippen LogP contribution in [-0.2, 0) is 65.4 Å². The predicted octanol–water partition coefficient (Wildman–Crippen LogP) is 20.9. The Morgan fingerprint density at radius 3 is 0.772 bits per heavy atom. The van der Waals surface area contributed by atoms with Crippen LogP contribution in [0, 0.1) is 23.7 Å². The number of esters is 4. The molecule has 0 saturated heterocycles. The third-order valence-corrected chi connectivity index (χ3v) is 19.4. The highest BCUT2D eigenvalue weighted by Gasteiger charge is 2.30. The second-order valence-electron chi connectivity index (χ2n) is 27.8. The Morgan fingerprint density at radius 1 is 0.304 bits per heavy atom. The molecule has 7 atom stereocenters. The molecule has 0 amide bonds. The first-order valence-corrected chi connectivity index (χ1v) is 40.8. The van der Waals surface area contributed by atoms with E-state index in [9.17, 15) is 43.2 Å². The number of hydrogen-bond acceptors (Lipinski definition) is 15. The molecule has 3 N–H and O–H groups in total. The molecule has 0 aromatic heterocycles. The van der Waals surface area contributed by atoms with Crippen molar-refractivity contribution in [1.29, 1.82) is 0 Å². The number of carbonyl (C=O) groups is 4. The number of aliphatic hydroxyl groups excluding tert-OH is 1. The van der Waals surface area contributed by atoms with E-state index >= 15 is 0 Å². The Bertz CT molecular complexity index is 1820. The predicted molar refractivity (Wildman–Crippen MR) is 372 cm³/mol. The lowest BCUT2D eigenvalue weighted by Gasteiger charge is -2.21. The molecule has 0 aliphatic heterocycles. The van der Waals surface area contributed by atoms with Gasteiger partial charge in [0.05, 0.1) is 26.4 Å². The quantitative estimate of drug-likeness (QED) is 0.0222. The van der Waals surface area contributed by atoms with E-state index in [-0.39, 0.29) is 25.7 Å². The molecule has 17 nitrogen and oxygen atoms in total. The average molecular weight is 1350 g/mol. The fourth-order valence-corrected chi connectivity index (χ4v) is 12.5. The SMILES string of the molecule is CCC(C)CCCCCCCCCCCCC(=O)O[C@H](COC(=O)CCCCCCCCC(C)CC)COP(=O)(O)OC[C@H](O)COP(=O)(O)OC[C@@H](COC(=O)CCCCCCCCC(C)C)OC(=O)CCCCCCCCCCCCCCCCCCC(C)C. The molecule has 92 heavy (non-hydrogen) atoms. The van der Waals surface area contributed by atoms with Gasteiger partial charge in [-0.1, -0.05) is 312 Å². The number of hydrogen-bond donors (Lipinski definition) is 3. The molecule has 0 aromatic rings. The lowest BCUT2D eigenvalue weighted by molar-refractivity contribution is -0.161. The van der Waals surface area contributed by atoms with Gasteiger partial charge in [0.25, 0.3) is 0 Å². The minimum absolute atomic E-state index is 0.105. The van der Waals surface area contributed by atoms with Crippen molar-refractivity contribution in [2.75, 3.05) is 39.6 Å². The highest BCUT2D eigenvalue weighted by atomic mass is 31.2. The lowest BCUT2D eigenvalue weighted by atomic mass is 9.99. The minimum Gasteiger partial charge on any atom is -0.462 e. The highest BCUT2D eigenvalue weighted by Crippen LogP contribution is 2.45. The van der Waals surface area contributed by atoms with E-state index in [1.807, 2.05) is 0 Å². The summed E-state index contributed by atoms with van der Waals surface area (Å²) in [5.74, 6) is 0.894. The minimum atomic E-state index is -4.95. The summed E-state index contributed by atoms with van der Waals surface area (Å²) >= 11 is 0. The molecule has 4 unspecified atom stereocenters. The van der Waals surface area contributed by atoms with E-state index in [0.29, 0.717) is 31.6 Å². The van der Waals surface area contributed by atoms with Gasteiger partial charge in [-0.2, -0.15) is 0 Å². The van der Waals surface area contributed by atoms with Gasteiger partial charge in [-0.25, -0.2) is 9.13 Å². The number of ether oxygens (including phenoxy) is 4. The molecule has 19 heteroatoms. The zero-order chi connectivity index (χ0) is 68.2. The summed E-state index contributed by atoms with van der Waals surface area (Å²) in [5.41, 5.74) is 0. The molecular formula is C73H142O17P2. The molecule has 0 fully saturated rings. The Balaban J connectivity index is 5.20. The normalized spacial score (nSPS) is 14.8. The van der Waals surface area contributed by atoms with E-state index in [2.05, 4.69) is 55.4 Å². The Labute approximate surface area is 562 Å². The van der Waals surface area contributed by atoms with Gasteiger partial charge in [0.1, 0.15) is 19.3 Å². The van der Waals surface area contributed by atoms with Gasteiger partial charge >= 0.3 is 39.5 Å². The summed E-state index contributed by atoms with van der Waals surface area (Å²) in [7, 11) is -9.91. The number of unbranched alkanes of at least 4 members (excludes halogenated alkanes) is 34. The number of aliphatic hydroxyl groups is 1. The fraction of sp³-hybridized carbons (Fsp3) is 0.945. The summed E-state index contributed by atoms with van der Waals surface area (Å²) in [5, 5.41) is 10.6. The third-order valence-electron chi connectivity index (χ3n) is 17.5. The zero-order valence-electron chi connectivity index (χ0n) is 60.2. The van der Waals surface area contributed by atoms with E-state index in [1.54, 1.807) is 0 Å². The van der Waals surface area contributed by atoms with Crippen LogP contribution in [0.4, 0.5) is 0 Å². The fourth-order valence-electron chi connectivity index (χ4n) is 11.0. The van der Waals surface area contributed by atoms with E-state index in [4.69, 9.17) is 37.0 Å². The molecule has 0 radical (unpaired) electrons. The van der Waals surface area contributed by atoms with E-state index < -0.39 is 97.5 Å². The highest BCUT2D eigenvalue weighted by molar-refractivity contribution is 7.47. The monoisotopic (exact) mass is 1350 g/mol. The first-order chi connectivity index (χ1) is 44.2. The summed E-state index contributed by atoms with van der Waals surface area (Å²) < 4.78 is 68.3. The van der Waals surface area contributed by atoms with Crippen molar-refractivity contribution in [3.8, 4) is 0 Å². The molecule has 0 bridgehead atoms. The van der Waals surface area contributed by atoms with Gasteiger partial charge in [-0.15, -0.1) is 0 Å². The molecule has 0 aliphatic carbocycles. The zero-order valence-corrected chi connectivity index (χ0v) is 62.0. The van der Waals surface area contributed by atoms with Crippen molar-refractivity contribution in [1.82, 2.24) is 0 Å². The Morgan fingerprint density at radius 2 is 0.522 bits per heavy atom. The van der Waals surface area contributed by atoms with Crippen LogP contribution in [-0.4, -0.2) is 96.7 Å². The summed E-state index contributed by atoms with van der Waals surface area (Å²) in [6.45, 7) is 14.1. The van der Waals surface area contributed by atoms with Gasteiger partial charge in [-0.3, -0.25) is 37.3 Å². The van der Waals surface area contributed by atoms with Crippen LogP contribution in [0.2, 0.25) is 0 Å². The Kier molecular flexibility index (Phi) is 61.3.